The van der Waals surface area contributed by atoms with Crippen LogP contribution in [0.25, 0.3) is 6.08 Å². The Morgan fingerprint density at radius 3 is 2.07 bits per heavy atom. The molecule has 1 aliphatic rings. The number of aromatic hydroxyl groups is 2. The summed E-state index contributed by atoms with van der Waals surface area (Å²) in [7, 11) is 0. The number of nitrogens with zero attached hydrogens (tertiary/aromatic N) is 1. The Kier molecular flexibility index (Phi) is 4.62. The average Bonchev–Trinajstić information content (AvgIpc) is 2.97. The second-order valence-electron chi connectivity index (χ2n) is 6.10. The van der Waals surface area contributed by atoms with Gasteiger partial charge in [0, 0.05) is 36.5 Å². The van der Waals surface area contributed by atoms with Crippen molar-refractivity contribution in [1.82, 2.24) is 0 Å². The summed E-state index contributed by atoms with van der Waals surface area (Å²) in [5.74, 6) is -4.64. The van der Waals surface area contributed by atoms with Crippen LogP contribution in [0.2, 0.25) is 0 Å². The van der Waals surface area contributed by atoms with Crippen LogP contribution >= 0.6 is 0 Å². The lowest BCUT2D eigenvalue weighted by molar-refractivity contribution is -0.388. The Labute approximate surface area is 157 Å². The van der Waals surface area contributed by atoms with Crippen molar-refractivity contribution in [3.8, 4) is 11.5 Å². The van der Waals surface area contributed by atoms with Gasteiger partial charge < -0.3 is 30.4 Å². The number of aromatic carboxylic acids is 2. The third kappa shape index (κ3) is 3.43. The zero-order valence-corrected chi connectivity index (χ0v) is 14.2. The van der Waals surface area contributed by atoms with Gasteiger partial charge >= 0.3 is 17.9 Å². The molecule has 1 aliphatic heterocycles. The first kappa shape index (κ1) is 18.7. The van der Waals surface area contributed by atoms with Gasteiger partial charge in [0.1, 0.15) is 6.04 Å². The fraction of sp³-hybridized carbons (Fsp3) is 0.111. The standard InChI is InChI=1S/C18H14N2O8/c21-14-6-9-5-13(18(27)28)20(12(9)7-15(14)22)2-1-8-3-10(16(23)24)19-11(4-8)17(25)26/h1-4,6-7,13,21-22H,5H2,(H,23,24)(H,25,26)(H,27,28)/p+1/t13-/m0/s1. The molecule has 1 atom stereocenters. The van der Waals surface area contributed by atoms with Crippen molar-refractivity contribution < 1.29 is 44.9 Å². The van der Waals surface area contributed by atoms with Crippen molar-refractivity contribution in [3.63, 3.8) is 0 Å². The Morgan fingerprint density at radius 1 is 0.964 bits per heavy atom. The molecule has 28 heavy (non-hydrogen) atoms. The number of carboxylic acid groups (broad SMARTS) is 3. The summed E-state index contributed by atoms with van der Waals surface area (Å²) in [6.07, 6.45) is 2.79. The summed E-state index contributed by atoms with van der Waals surface area (Å²) < 4.78 is 0. The number of aromatic nitrogens is 1. The van der Waals surface area contributed by atoms with Gasteiger partial charge in [-0.25, -0.2) is 14.4 Å². The van der Waals surface area contributed by atoms with Crippen LogP contribution in [0.15, 0.2) is 30.5 Å². The van der Waals surface area contributed by atoms with Gasteiger partial charge in [0.25, 0.3) is 11.4 Å². The summed E-state index contributed by atoms with van der Waals surface area (Å²) >= 11 is 0. The van der Waals surface area contributed by atoms with Crippen molar-refractivity contribution in [2.45, 2.75) is 12.5 Å². The van der Waals surface area contributed by atoms with Gasteiger partial charge in [-0.3, -0.25) is 0 Å². The molecule has 144 valence electrons. The monoisotopic (exact) mass is 387 g/mol. The van der Waals surface area contributed by atoms with Crippen LogP contribution in [0.4, 0.5) is 5.69 Å². The van der Waals surface area contributed by atoms with Crippen LogP contribution in [0.5, 0.6) is 11.5 Å². The molecule has 3 rings (SSSR count). The van der Waals surface area contributed by atoms with Crippen LogP contribution in [-0.4, -0.2) is 49.5 Å². The molecule has 6 N–H and O–H groups in total. The van der Waals surface area contributed by atoms with Gasteiger partial charge in [-0.2, -0.15) is 4.98 Å². The summed E-state index contributed by atoms with van der Waals surface area (Å²) in [4.78, 5) is 37.5. The topological polar surface area (TPSA) is 170 Å². The molecule has 2 heterocycles. The SMILES string of the molecule is O=C(O)c1cc(C=CN2c3cc(O)c(O)cc3C[C@H]2C(=O)O)cc(C(=O)O)[nH+]1. The van der Waals surface area contributed by atoms with E-state index in [4.69, 9.17) is 10.2 Å². The first-order valence-electron chi connectivity index (χ1n) is 7.95. The highest BCUT2D eigenvalue weighted by Gasteiger charge is 2.34. The number of anilines is 1. The fourth-order valence-electron chi connectivity index (χ4n) is 2.96. The lowest BCUT2D eigenvalue weighted by Crippen LogP contribution is -2.34. The quantitative estimate of drug-likeness (QED) is 0.465. The van der Waals surface area contributed by atoms with Gasteiger partial charge in [-0.15, -0.1) is 0 Å². The number of fused-ring (bicyclic) bond motifs is 1. The number of pyridine rings is 1. The molecule has 0 aliphatic carbocycles. The zero-order chi connectivity index (χ0) is 20.6. The first-order valence-corrected chi connectivity index (χ1v) is 7.95. The van der Waals surface area contributed by atoms with Gasteiger partial charge in [-0.05, 0) is 23.3 Å². The Hall–Kier alpha value is -4.08. The summed E-state index contributed by atoms with van der Waals surface area (Å²) in [6.45, 7) is 0. The number of phenols is 2. The minimum Gasteiger partial charge on any atom is -0.504 e. The molecule has 0 unspecified atom stereocenters. The van der Waals surface area contributed by atoms with Crippen LogP contribution in [0.1, 0.15) is 32.1 Å². The molecule has 2 aromatic rings. The van der Waals surface area contributed by atoms with E-state index in [2.05, 4.69) is 4.98 Å². The largest absolute Gasteiger partial charge is 0.504 e. The van der Waals surface area contributed by atoms with E-state index in [1.54, 1.807) is 0 Å². The van der Waals surface area contributed by atoms with Crippen LogP contribution in [0, 0.1) is 0 Å². The van der Waals surface area contributed by atoms with E-state index < -0.39 is 29.7 Å². The van der Waals surface area contributed by atoms with E-state index in [0.29, 0.717) is 11.3 Å². The third-order valence-electron chi connectivity index (χ3n) is 4.27. The van der Waals surface area contributed by atoms with E-state index in [9.17, 15) is 29.7 Å². The van der Waals surface area contributed by atoms with Crippen molar-refractivity contribution in [2.24, 2.45) is 0 Å². The highest BCUT2D eigenvalue weighted by molar-refractivity contribution is 5.88. The summed E-state index contributed by atoms with van der Waals surface area (Å²) in [5.41, 5.74) is 0.385. The van der Waals surface area contributed by atoms with Gasteiger partial charge in [0.15, 0.2) is 11.5 Å². The van der Waals surface area contributed by atoms with Gasteiger partial charge in [0.2, 0.25) is 0 Å². The molecule has 0 fully saturated rings. The summed E-state index contributed by atoms with van der Waals surface area (Å²) in [6, 6.07) is 3.89. The predicted octanol–water partition coefficient (Wildman–Crippen LogP) is 0.795. The molecule has 1 aromatic heterocycles. The first-order chi connectivity index (χ1) is 13.2. The highest BCUT2D eigenvalue weighted by atomic mass is 16.4. The molecule has 1 aromatic carbocycles. The van der Waals surface area contributed by atoms with E-state index in [0.717, 1.165) is 0 Å². The lowest BCUT2D eigenvalue weighted by Gasteiger charge is -2.20. The molecule has 0 bridgehead atoms. The number of hydrogen-bond donors (Lipinski definition) is 5. The number of aromatic amines is 1. The minimum absolute atomic E-state index is 0.0756. The average molecular weight is 387 g/mol. The number of aliphatic carboxylic acids is 1. The molecule has 10 nitrogen and oxygen atoms in total. The van der Waals surface area contributed by atoms with E-state index >= 15 is 0 Å². The van der Waals surface area contributed by atoms with Gasteiger partial charge in [0.05, 0.1) is 0 Å². The second kappa shape index (κ2) is 6.91. The van der Waals surface area contributed by atoms with E-state index in [1.807, 2.05) is 0 Å². The number of rotatable bonds is 5. The number of carboxylic acids is 3. The molecular formula is C18H15N2O8+. The fourth-order valence-corrected chi connectivity index (χ4v) is 2.96. The maximum atomic E-state index is 11.6. The predicted molar refractivity (Wildman–Crippen MR) is 93.3 cm³/mol. The maximum Gasteiger partial charge on any atom is 0.401 e. The molecule has 0 saturated carbocycles. The normalized spacial score (nSPS) is 15.6. The van der Waals surface area contributed by atoms with Crippen LogP contribution in [-0.2, 0) is 11.2 Å². The van der Waals surface area contributed by atoms with Crippen molar-refractivity contribution in [1.29, 1.82) is 0 Å². The van der Waals surface area contributed by atoms with Crippen LogP contribution in [0.3, 0.4) is 0 Å². The Balaban J connectivity index is 2.03. The summed E-state index contributed by atoms with van der Waals surface area (Å²) in [5, 5.41) is 47.0. The number of benzene rings is 1. The van der Waals surface area contributed by atoms with Crippen molar-refractivity contribution >= 4 is 29.7 Å². The number of nitrogens with one attached hydrogen (secondary N) is 1. The number of carbonyl (C=O) groups is 3. The molecular weight excluding hydrogens is 372 g/mol. The van der Waals surface area contributed by atoms with Gasteiger partial charge in [-0.1, -0.05) is 0 Å². The van der Waals surface area contributed by atoms with E-state index in [1.165, 1.54) is 41.4 Å². The minimum atomic E-state index is -1.35. The second-order valence-corrected chi connectivity index (χ2v) is 6.10. The zero-order valence-electron chi connectivity index (χ0n) is 14.2. The number of H-pyrrole nitrogens is 1. The Bertz CT molecular complexity index is 998. The Morgan fingerprint density at radius 2 is 1.54 bits per heavy atom. The lowest BCUT2D eigenvalue weighted by atomic mass is 10.1. The maximum absolute atomic E-state index is 11.6. The molecule has 0 saturated heterocycles. The molecule has 0 radical (unpaired) electrons. The molecule has 10 heteroatoms. The van der Waals surface area contributed by atoms with E-state index in [-0.39, 0.29) is 29.1 Å². The number of hydrogen-bond acceptors (Lipinski definition) is 6. The van der Waals surface area contributed by atoms with Crippen molar-refractivity contribution in [3.05, 3.63) is 53.0 Å². The number of phenolic OH excluding ortho intramolecular Hbond substituents is 2. The van der Waals surface area contributed by atoms with Crippen LogP contribution < -0.4 is 9.88 Å². The smallest absolute Gasteiger partial charge is 0.401 e. The van der Waals surface area contributed by atoms with Crippen molar-refractivity contribution in [2.75, 3.05) is 4.90 Å². The highest BCUT2D eigenvalue weighted by Crippen LogP contribution is 2.40. The molecule has 0 spiro atoms. The molecule has 0 amide bonds. The third-order valence-corrected chi connectivity index (χ3v) is 4.27.